The maximum atomic E-state index is 12.6. The number of rotatable bonds is 7. The van der Waals surface area contributed by atoms with Gasteiger partial charge in [-0.05, 0) is 48.5 Å². The van der Waals surface area contributed by atoms with Gasteiger partial charge in [0.25, 0.3) is 11.8 Å². The van der Waals surface area contributed by atoms with E-state index in [0.29, 0.717) is 32.8 Å². The summed E-state index contributed by atoms with van der Waals surface area (Å²) in [4.78, 5) is 34.8. The van der Waals surface area contributed by atoms with Crippen LogP contribution in [0, 0.1) is 0 Å². The summed E-state index contributed by atoms with van der Waals surface area (Å²) in [5, 5.41) is 6.47. The van der Waals surface area contributed by atoms with Crippen molar-refractivity contribution in [1.82, 2.24) is 9.97 Å². The molecule has 170 valence electrons. The number of nitrogens with one attached hydrogen (secondary N) is 2. The zero-order chi connectivity index (χ0) is 23.9. The Balaban J connectivity index is 1.46. The summed E-state index contributed by atoms with van der Waals surface area (Å²) in [6, 6.07) is 21.3. The second-order valence-corrected chi connectivity index (χ2v) is 9.79. The van der Waals surface area contributed by atoms with Gasteiger partial charge in [0.05, 0.1) is 22.5 Å². The zero-order valence-electron chi connectivity index (χ0n) is 17.4. The van der Waals surface area contributed by atoms with E-state index in [0.717, 1.165) is 9.79 Å². The average molecular weight is 527 g/mol. The summed E-state index contributed by atoms with van der Waals surface area (Å²) in [7, 11) is 2.93. The van der Waals surface area contributed by atoms with Crippen LogP contribution in [0.1, 0.15) is 20.7 Å². The number of pyridine rings is 2. The molecule has 10 heteroatoms. The van der Waals surface area contributed by atoms with Crippen molar-refractivity contribution in [2.75, 3.05) is 10.6 Å². The highest BCUT2D eigenvalue weighted by molar-refractivity contribution is 8.76. The number of nitrogens with zero attached hydrogens (tertiary/aromatic N) is 2. The van der Waals surface area contributed by atoms with Gasteiger partial charge in [-0.3, -0.25) is 9.59 Å². The van der Waals surface area contributed by atoms with Crippen LogP contribution in [0.25, 0.3) is 0 Å². The first kappa shape index (κ1) is 24.1. The van der Waals surface area contributed by atoms with E-state index in [-0.39, 0.29) is 11.8 Å². The van der Waals surface area contributed by atoms with Gasteiger partial charge < -0.3 is 10.6 Å². The second-order valence-electron chi connectivity index (χ2n) is 6.81. The third kappa shape index (κ3) is 6.30. The number of halogens is 2. The Hall–Kier alpha value is -3.04. The molecule has 4 rings (SSSR count). The molecular weight excluding hydrogens is 511 g/mol. The Morgan fingerprint density at radius 1 is 0.618 bits per heavy atom. The molecule has 34 heavy (non-hydrogen) atoms. The van der Waals surface area contributed by atoms with Crippen molar-refractivity contribution in [3.63, 3.8) is 0 Å². The van der Waals surface area contributed by atoms with Gasteiger partial charge in [-0.25, -0.2) is 9.97 Å². The molecule has 0 radical (unpaired) electrons. The van der Waals surface area contributed by atoms with Gasteiger partial charge in [0, 0.05) is 22.2 Å². The standard InChI is InChI=1S/C24H16Cl2N4O2S2/c25-21-11-9-15(13-27-21)23(31)29-17-5-1-3-7-19(17)33-34-20-8-4-2-6-18(20)30-24(32)16-10-12-22(26)28-14-16/h1-14H,(H,29,31)(H,30,32). The van der Waals surface area contributed by atoms with Crippen LogP contribution in [0.3, 0.4) is 0 Å². The number of anilines is 2. The topological polar surface area (TPSA) is 84.0 Å². The first-order valence-electron chi connectivity index (χ1n) is 9.88. The summed E-state index contributed by atoms with van der Waals surface area (Å²) in [6.45, 7) is 0. The molecule has 2 aromatic heterocycles. The summed E-state index contributed by atoms with van der Waals surface area (Å²) in [5.74, 6) is -0.571. The fourth-order valence-electron chi connectivity index (χ4n) is 2.78. The van der Waals surface area contributed by atoms with Crippen molar-refractivity contribution in [3.8, 4) is 0 Å². The van der Waals surface area contributed by atoms with E-state index < -0.39 is 0 Å². The molecular formula is C24H16Cl2N4O2S2. The first-order valence-corrected chi connectivity index (χ1v) is 12.8. The lowest BCUT2D eigenvalue weighted by Gasteiger charge is -2.13. The molecule has 0 spiro atoms. The van der Waals surface area contributed by atoms with E-state index in [2.05, 4.69) is 20.6 Å². The summed E-state index contributed by atoms with van der Waals surface area (Å²) < 4.78 is 0. The fourth-order valence-corrected chi connectivity index (χ4v) is 5.28. The fraction of sp³-hybridized carbons (Fsp3) is 0. The minimum Gasteiger partial charge on any atom is -0.321 e. The molecule has 0 bridgehead atoms. The van der Waals surface area contributed by atoms with Gasteiger partial charge in [-0.15, -0.1) is 0 Å². The molecule has 2 aromatic carbocycles. The summed E-state index contributed by atoms with van der Waals surface area (Å²) in [5.41, 5.74) is 2.13. The molecule has 2 amide bonds. The second kappa shape index (κ2) is 11.4. The number of hydrogen-bond acceptors (Lipinski definition) is 6. The van der Waals surface area contributed by atoms with Gasteiger partial charge >= 0.3 is 0 Å². The van der Waals surface area contributed by atoms with Crippen LogP contribution in [0.4, 0.5) is 11.4 Å². The van der Waals surface area contributed by atoms with Gasteiger partial charge in [0.15, 0.2) is 0 Å². The number of hydrogen-bond donors (Lipinski definition) is 2. The van der Waals surface area contributed by atoms with Gasteiger partial charge in [-0.1, -0.05) is 69.1 Å². The lowest BCUT2D eigenvalue weighted by atomic mass is 10.2. The average Bonchev–Trinajstić information content (AvgIpc) is 2.85. The zero-order valence-corrected chi connectivity index (χ0v) is 20.5. The molecule has 0 aliphatic rings. The Morgan fingerprint density at radius 3 is 1.41 bits per heavy atom. The Morgan fingerprint density at radius 2 is 1.03 bits per heavy atom. The molecule has 4 aromatic rings. The lowest BCUT2D eigenvalue weighted by Crippen LogP contribution is -2.13. The molecule has 2 N–H and O–H groups in total. The van der Waals surface area contributed by atoms with E-state index in [4.69, 9.17) is 23.2 Å². The molecule has 0 aliphatic heterocycles. The monoisotopic (exact) mass is 526 g/mol. The number of aromatic nitrogens is 2. The van der Waals surface area contributed by atoms with Crippen molar-refractivity contribution in [2.24, 2.45) is 0 Å². The SMILES string of the molecule is O=C(Nc1ccccc1SSc1ccccc1NC(=O)c1ccc(Cl)nc1)c1ccc(Cl)nc1. The summed E-state index contributed by atoms with van der Waals surface area (Å²) >= 11 is 11.6. The van der Waals surface area contributed by atoms with Crippen molar-refractivity contribution >= 4 is 68.0 Å². The van der Waals surface area contributed by atoms with Crippen LogP contribution in [0.15, 0.2) is 95.0 Å². The number of benzene rings is 2. The van der Waals surface area contributed by atoms with E-state index in [1.807, 2.05) is 48.5 Å². The van der Waals surface area contributed by atoms with E-state index >= 15 is 0 Å². The molecule has 6 nitrogen and oxygen atoms in total. The quantitative estimate of drug-likeness (QED) is 0.197. The number of para-hydroxylation sites is 2. The lowest BCUT2D eigenvalue weighted by molar-refractivity contribution is 0.101. The maximum Gasteiger partial charge on any atom is 0.257 e. The first-order chi connectivity index (χ1) is 16.5. The highest BCUT2D eigenvalue weighted by Gasteiger charge is 2.13. The van der Waals surface area contributed by atoms with E-state index in [1.165, 1.54) is 34.0 Å². The minimum atomic E-state index is -0.286. The van der Waals surface area contributed by atoms with Gasteiger partial charge in [-0.2, -0.15) is 0 Å². The molecule has 0 atom stereocenters. The third-order valence-corrected chi connectivity index (χ3v) is 7.40. The molecule has 0 saturated heterocycles. The van der Waals surface area contributed by atoms with Crippen LogP contribution < -0.4 is 10.6 Å². The van der Waals surface area contributed by atoms with Gasteiger partial charge in [0.2, 0.25) is 0 Å². The predicted molar refractivity (Wildman–Crippen MR) is 139 cm³/mol. The highest BCUT2D eigenvalue weighted by atomic mass is 35.5. The van der Waals surface area contributed by atoms with Crippen molar-refractivity contribution in [3.05, 3.63) is 107 Å². The minimum absolute atomic E-state index is 0.286. The number of carbonyl (C=O) groups is 2. The predicted octanol–water partition coefficient (Wildman–Crippen LogP) is 7.09. The van der Waals surface area contributed by atoms with E-state index in [9.17, 15) is 9.59 Å². The van der Waals surface area contributed by atoms with E-state index in [1.54, 1.807) is 24.3 Å². The van der Waals surface area contributed by atoms with Crippen molar-refractivity contribution in [1.29, 1.82) is 0 Å². The van der Waals surface area contributed by atoms with Crippen LogP contribution in [-0.4, -0.2) is 21.8 Å². The normalized spacial score (nSPS) is 10.5. The molecule has 0 fully saturated rings. The molecule has 0 unspecified atom stereocenters. The Labute approximate surface area is 213 Å². The summed E-state index contributed by atoms with van der Waals surface area (Å²) in [6.07, 6.45) is 2.86. The Kier molecular flexibility index (Phi) is 8.08. The maximum absolute atomic E-state index is 12.6. The van der Waals surface area contributed by atoms with Crippen LogP contribution >= 0.6 is 44.8 Å². The third-order valence-electron chi connectivity index (χ3n) is 4.47. The van der Waals surface area contributed by atoms with Crippen molar-refractivity contribution in [2.45, 2.75) is 9.79 Å². The largest absolute Gasteiger partial charge is 0.321 e. The van der Waals surface area contributed by atoms with Crippen molar-refractivity contribution < 1.29 is 9.59 Å². The number of carbonyl (C=O) groups excluding carboxylic acids is 2. The number of amides is 2. The molecule has 0 aliphatic carbocycles. The molecule has 2 heterocycles. The Bertz CT molecular complexity index is 1220. The van der Waals surface area contributed by atoms with Crippen LogP contribution in [0.5, 0.6) is 0 Å². The smallest absolute Gasteiger partial charge is 0.257 e. The van der Waals surface area contributed by atoms with Gasteiger partial charge in [0.1, 0.15) is 10.3 Å². The molecule has 0 saturated carbocycles. The van der Waals surface area contributed by atoms with Crippen LogP contribution in [-0.2, 0) is 0 Å². The van der Waals surface area contributed by atoms with Crippen LogP contribution in [0.2, 0.25) is 10.3 Å². The highest BCUT2D eigenvalue weighted by Crippen LogP contribution is 2.43.